The Kier molecular flexibility index (Phi) is 6.21. The molecule has 1 atom stereocenters. The summed E-state index contributed by atoms with van der Waals surface area (Å²) in [5, 5.41) is 0. The van der Waals surface area contributed by atoms with E-state index < -0.39 is 24.0 Å². The predicted molar refractivity (Wildman–Crippen MR) is 82.0 cm³/mol. The number of rotatable bonds is 7. The van der Waals surface area contributed by atoms with Crippen LogP contribution in [0.1, 0.15) is 18.9 Å². The molecule has 8 heteroatoms. The average molecular weight is 355 g/mol. The van der Waals surface area contributed by atoms with Crippen molar-refractivity contribution < 1.29 is 32.2 Å². The maximum Gasteiger partial charge on any atom is 0.417 e. The molecule has 2 aromatic rings. The molecule has 1 heterocycles. The topological polar surface area (TPSA) is 57.7 Å². The fraction of sp³-hybridized carbons (Fsp3) is 0.294. The number of carbonyl (C=O) groups excluding carboxylic acids is 1. The second kappa shape index (κ2) is 8.36. The molecule has 0 spiro atoms. The van der Waals surface area contributed by atoms with Crippen LogP contribution in [0.2, 0.25) is 0 Å². The van der Waals surface area contributed by atoms with E-state index in [0.29, 0.717) is 11.9 Å². The van der Waals surface area contributed by atoms with Crippen molar-refractivity contribution in [2.75, 3.05) is 6.61 Å². The fourth-order valence-corrected chi connectivity index (χ4v) is 1.82. The highest BCUT2D eigenvalue weighted by Gasteiger charge is 2.30. The SMILES string of the molecule is CC(OC(=O)CCOc1ccccc1)Oc1ccc(C(F)(F)F)cn1. The molecule has 0 saturated carbocycles. The van der Waals surface area contributed by atoms with Gasteiger partial charge in [-0.3, -0.25) is 4.79 Å². The predicted octanol–water partition coefficient (Wildman–Crippen LogP) is 3.84. The van der Waals surface area contributed by atoms with Crippen LogP contribution in [0.15, 0.2) is 48.7 Å². The van der Waals surface area contributed by atoms with Gasteiger partial charge in [-0.2, -0.15) is 13.2 Å². The second-order valence-electron chi connectivity index (χ2n) is 4.97. The molecule has 1 unspecified atom stereocenters. The highest BCUT2D eigenvalue weighted by molar-refractivity contribution is 5.69. The molecule has 0 N–H and O–H groups in total. The number of para-hydroxylation sites is 1. The van der Waals surface area contributed by atoms with E-state index in [9.17, 15) is 18.0 Å². The van der Waals surface area contributed by atoms with Crippen LogP contribution in [0.3, 0.4) is 0 Å². The maximum absolute atomic E-state index is 12.4. The number of halogens is 3. The van der Waals surface area contributed by atoms with Gasteiger partial charge in [-0.25, -0.2) is 4.98 Å². The number of aromatic nitrogens is 1. The van der Waals surface area contributed by atoms with Crippen molar-refractivity contribution in [3.63, 3.8) is 0 Å². The minimum absolute atomic E-state index is 0.00301. The molecule has 0 bridgehead atoms. The number of hydrogen-bond donors (Lipinski definition) is 0. The zero-order chi connectivity index (χ0) is 18.3. The van der Waals surface area contributed by atoms with E-state index >= 15 is 0 Å². The van der Waals surface area contributed by atoms with E-state index in [0.717, 1.165) is 12.1 Å². The monoisotopic (exact) mass is 355 g/mol. The van der Waals surface area contributed by atoms with Crippen molar-refractivity contribution in [3.05, 3.63) is 54.2 Å². The van der Waals surface area contributed by atoms with E-state index in [2.05, 4.69) is 4.98 Å². The van der Waals surface area contributed by atoms with E-state index in [-0.39, 0.29) is 18.9 Å². The normalized spacial score (nSPS) is 12.3. The van der Waals surface area contributed by atoms with Crippen molar-refractivity contribution in [2.24, 2.45) is 0 Å². The molecule has 0 radical (unpaired) electrons. The molecule has 2 rings (SSSR count). The molecular formula is C17H16F3NO4. The van der Waals surface area contributed by atoms with E-state index in [1.807, 2.05) is 6.07 Å². The molecule has 1 aromatic heterocycles. The summed E-state index contributed by atoms with van der Waals surface area (Å²) in [5.41, 5.74) is -0.887. The first-order valence-corrected chi connectivity index (χ1v) is 7.42. The van der Waals surface area contributed by atoms with Gasteiger partial charge in [0.25, 0.3) is 0 Å². The van der Waals surface area contributed by atoms with Crippen LogP contribution in [-0.2, 0) is 15.7 Å². The summed E-state index contributed by atoms with van der Waals surface area (Å²) >= 11 is 0. The van der Waals surface area contributed by atoms with Crippen molar-refractivity contribution >= 4 is 5.97 Å². The second-order valence-corrected chi connectivity index (χ2v) is 4.97. The molecule has 1 aromatic carbocycles. The van der Waals surface area contributed by atoms with Gasteiger partial charge in [-0.15, -0.1) is 0 Å². The Labute approximate surface area is 142 Å². The lowest BCUT2D eigenvalue weighted by Crippen LogP contribution is -2.22. The Morgan fingerprint density at radius 3 is 2.48 bits per heavy atom. The lowest BCUT2D eigenvalue weighted by Gasteiger charge is -2.15. The van der Waals surface area contributed by atoms with Gasteiger partial charge in [0.2, 0.25) is 12.2 Å². The Bertz CT molecular complexity index is 675. The molecule has 25 heavy (non-hydrogen) atoms. The summed E-state index contributed by atoms with van der Waals surface area (Å²) in [6.07, 6.45) is -4.81. The van der Waals surface area contributed by atoms with Gasteiger partial charge in [0.15, 0.2) is 0 Å². The molecular weight excluding hydrogens is 339 g/mol. The van der Waals surface area contributed by atoms with Crippen LogP contribution in [0.5, 0.6) is 11.6 Å². The third kappa shape index (κ3) is 6.33. The summed E-state index contributed by atoms with van der Waals surface area (Å²) in [5.74, 6) is -0.00210. The first kappa shape index (κ1) is 18.6. The van der Waals surface area contributed by atoms with Crippen LogP contribution in [0.4, 0.5) is 13.2 Å². The summed E-state index contributed by atoms with van der Waals surface area (Å²) in [6, 6.07) is 10.9. The Hall–Kier alpha value is -2.77. The number of ether oxygens (including phenoxy) is 3. The smallest absolute Gasteiger partial charge is 0.417 e. The quantitative estimate of drug-likeness (QED) is 0.558. The summed E-state index contributed by atoms with van der Waals surface area (Å²) in [6.45, 7) is 1.57. The van der Waals surface area contributed by atoms with Crippen LogP contribution >= 0.6 is 0 Å². The summed E-state index contributed by atoms with van der Waals surface area (Å²) in [7, 11) is 0. The third-order valence-corrected chi connectivity index (χ3v) is 2.97. The number of alkyl halides is 3. The van der Waals surface area contributed by atoms with Crippen LogP contribution < -0.4 is 9.47 Å². The van der Waals surface area contributed by atoms with Crippen molar-refractivity contribution in [1.29, 1.82) is 0 Å². The summed E-state index contributed by atoms with van der Waals surface area (Å²) in [4.78, 5) is 15.2. The molecule has 5 nitrogen and oxygen atoms in total. The van der Waals surface area contributed by atoms with E-state index in [1.54, 1.807) is 24.3 Å². The van der Waals surface area contributed by atoms with Gasteiger partial charge in [-0.1, -0.05) is 18.2 Å². The number of esters is 1. The van der Waals surface area contributed by atoms with Gasteiger partial charge in [0.05, 0.1) is 18.6 Å². The largest absolute Gasteiger partial charge is 0.493 e. The van der Waals surface area contributed by atoms with Gasteiger partial charge in [0, 0.05) is 19.2 Å². The number of carbonyl (C=O) groups is 1. The van der Waals surface area contributed by atoms with Crippen molar-refractivity contribution in [1.82, 2.24) is 4.98 Å². The first-order chi connectivity index (χ1) is 11.8. The third-order valence-electron chi connectivity index (χ3n) is 2.97. The lowest BCUT2D eigenvalue weighted by atomic mass is 10.3. The van der Waals surface area contributed by atoms with Crippen LogP contribution in [-0.4, -0.2) is 23.9 Å². The van der Waals surface area contributed by atoms with E-state index in [1.165, 1.54) is 6.92 Å². The molecule has 0 amide bonds. The number of nitrogens with zero attached hydrogens (tertiary/aromatic N) is 1. The molecule has 0 aliphatic carbocycles. The van der Waals surface area contributed by atoms with Gasteiger partial charge < -0.3 is 14.2 Å². The lowest BCUT2D eigenvalue weighted by molar-refractivity contribution is -0.162. The molecule has 0 aliphatic heterocycles. The number of benzene rings is 1. The maximum atomic E-state index is 12.4. The number of pyridine rings is 1. The van der Waals surface area contributed by atoms with Crippen LogP contribution in [0.25, 0.3) is 0 Å². The van der Waals surface area contributed by atoms with Gasteiger partial charge in [-0.05, 0) is 18.2 Å². The minimum atomic E-state index is -4.47. The zero-order valence-electron chi connectivity index (χ0n) is 13.3. The van der Waals surface area contributed by atoms with Gasteiger partial charge >= 0.3 is 12.1 Å². The Balaban J connectivity index is 1.73. The molecule has 0 aliphatic rings. The molecule has 0 saturated heterocycles. The van der Waals surface area contributed by atoms with Gasteiger partial charge in [0.1, 0.15) is 5.75 Å². The van der Waals surface area contributed by atoms with Crippen molar-refractivity contribution in [3.8, 4) is 11.6 Å². The van der Waals surface area contributed by atoms with E-state index in [4.69, 9.17) is 14.2 Å². The Morgan fingerprint density at radius 1 is 1.16 bits per heavy atom. The molecule has 134 valence electrons. The molecule has 0 fully saturated rings. The van der Waals surface area contributed by atoms with Crippen LogP contribution in [0, 0.1) is 0 Å². The average Bonchev–Trinajstić information content (AvgIpc) is 2.55. The minimum Gasteiger partial charge on any atom is -0.493 e. The highest BCUT2D eigenvalue weighted by Crippen LogP contribution is 2.29. The Morgan fingerprint density at radius 2 is 1.88 bits per heavy atom. The highest BCUT2D eigenvalue weighted by atomic mass is 19.4. The first-order valence-electron chi connectivity index (χ1n) is 7.42. The fourth-order valence-electron chi connectivity index (χ4n) is 1.82. The zero-order valence-corrected chi connectivity index (χ0v) is 13.3. The van der Waals surface area contributed by atoms with Crippen molar-refractivity contribution in [2.45, 2.75) is 25.8 Å². The standard InChI is InChI=1S/C17H16F3NO4/c1-12(24-15-8-7-13(11-21-15)17(18,19)20)25-16(22)9-10-23-14-5-3-2-4-6-14/h2-8,11-12H,9-10H2,1H3. The summed E-state index contributed by atoms with van der Waals surface area (Å²) < 4.78 is 52.8. The number of hydrogen-bond acceptors (Lipinski definition) is 5.